The van der Waals surface area contributed by atoms with Crippen LogP contribution in [0, 0.1) is 11.3 Å². The van der Waals surface area contributed by atoms with Crippen molar-refractivity contribution in [3.63, 3.8) is 0 Å². The minimum Gasteiger partial charge on any atom is -0.481 e. The second-order valence-corrected chi connectivity index (χ2v) is 7.14. The van der Waals surface area contributed by atoms with Crippen molar-refractivity contribution in [3.05, 3.63) is 47.1 Å². The van der Waals surface area contributed by atoms with Crippen LogP contribution in [0.4, 0.5) is 0 Å². The lowest BCUT2D eigenvalue weighted by Gasteiger charge is -2.32. The summed E-state index contributed by atoms with van der Waals surface area (Å²) in [5.74, 6) is -0.688. The maximum absolute atomic E-state index is 10.6. The zero-order chi connectivity index (χ0) is 16.8. The Morgan fingerprint density at radius 3 is 2.68 bits per heavy atom. The fourth-order valence-corrected chi connectivity index (χ4v) is 3.02. The Bertz CT molecular complexity index is 516. The molecule has 0 saturated carbocycles. The van der Waals surface area contributed by atoms with Gasteiger partial charge in [-0.2, -0.15) is 0 Å². The van der Waals surface area contributed by atoms with Crippen molar-refractivity contribution in [3.8, 4) is 0 Å². The monoisotopic (exact) mass is 302 g/mol. The van der Waals surface area contributed by atoms with E-state index >= 15 is 0 Å². The lowest BCUT2D eigenvalue weighted by Crippen LogP contribution is -2.19. The highest BCUT2D eigenvalue weighted by Crippen LogP contribution is 2.40. The van der Waals surface area contributed by atoms with Crippen LogP contribution in [0.25, 0.3) is 0 Å². The van der Waals surface area contributed by atoms with Gasteiger partial charge in [-0.1, -0.05) is 62.3 Å². The van der Waals surface area contributed by atoms with E-state index in [0.717, 1.165) is 0 Å². The fraction of sp³-hybridized carbons (Fsp3) is 0.550. The number of rotatable bonds is 6. The summed E-state index contributed by atoms with van der Waals surface area (Å²) in [4.78, 5) is 10.6. The van der Waals surface area contributed by atoms with Gasteiger partial charge in [0.25, 0.3) is 0 Å². The first kappa shape index (κ1) is 18.5. The van der Waals surface area contributed by atoms with Gasteiger partial charge in [-0.05, 0) is 50.0 Å². The van der Waals surface area contributed by atoms with Crippen LogP contribution >= 0.6 is 0 Å². The molecule has 0 radical (unpaired) electrons. The van der Waals surface area contributed by atoms with Crippen LogP contribution in [0.1, 0.15) is 60.3 Å². The average Bonchev–Trinajstić information content (AvgIpc) is 2.36. The van der Waals surface area contributed by atoms with Crippen LogP contribution in [0.5, 0.6) is 0 Å². The highest BCUT2D eigenvalue weighted by atomic mass is 16.4. The van der Waals surface area contributed by atoms with Gasteiger partial charge in [-0.15, -0.1) is 0 Å². The Hall–Kier alpha value is -1.57. The van der Waals surface area contributed by atoms with Crippen molar-refractivity contribution < 1.29 is 9.90 Å². The predicted molar refractivity (Wildman–Crippen MR) is 93.8 cm³/mol. The van der Waals surface area contributed by atoms with Gasteiger partial charge in [0.2, 0.25) is 0 Å². The van der Waals surface area contributed by atoms with E-state index in [4.69, 9.17) is 5.11 Å². The summed E-state index contributed by atoms with van der Waals surface area (Å²) in [6.45, 7) is 10.9. The zero-order valence-electron chi connectivity index (χ0n) is 14.6. The number of carboxylic acid groups (broad SMARTS) is 1. The largest absolute Gasteiger partial charge is 0.481 e. The van der Waals surface area contributed by atoms with Gasteiger partial charge in [0.1, 0.15) is 0 Å². The van der Waals surface area contributed by atoms with E-state index in [2.05, 4.69) is 39.8 Å². The lowest BCUT2D eigenvalue weighted by atomic mass is 9.72. The van der Waals surface area contributed by atoms with E-state index < -0.39 is 5.97 Å². The summed E-state index contributed by atoms with van der Waals surface area (Å²) in [6.07, 6.45) is 14.3. The van der Waals surface area contributed by atoms with E-state index in [1.165, 1.54) is 36.0 Å². The third-order valence-corrected chi connectivity index (χ3v) is 4.35. The summed E-state index contributed by atoms with van der Waals surface area (Å²) in [7, 11) is 0. The van der Waals surface area contributed by atoms with Crippen molar-refractivity contribution >= 4 is 5.97 Å². The molecule has 0 aromatic carbocycles. The molecular weight excluding hydrogens is 272 g/mol. The normalized spacial score (nSPS) is 20.9. The molecule has 0 spiro atoms. The number of hydrogen-bond donors (Lipinski definition) is 1. The molecule has 0 heterocycles. The second kappa shape index (κ2) is 8.17. The molecular formula is C20H30O2. The van der Waals surface area contributed by atoms with Gasteiger partial charge in [-0.25, -0.2) is 0 Å². The summed E-state index contributed by atoms with van der Waals surface area (Å²) >= 11 is 0. The van der Waals surface area contributed by atoms with Crippen molar-refractivity contribution in [2.24, 2.45) is 11.3 Å². The van der Waals surface area contributed by atoms with E-state index in [1.54, 1.807) is 0 Å². The SMILES string of the molecule is CC(C=CC1=C(C)CCCC1(C)C)=CC=CC(C)CC(=O)O. The number of carbonyl (C=O) groups is 1. The minimum atomic E-state index is -0.750. The molecule has 1 rings (SSSR count). The third kappa shape index (κ3) is 6.05. The van der Waals surface area contributed by atoms with Gasteiger partial charge in [0.15, 0.2) is 0 Å². The molecule has 0 aliphatic heterocycles. The first-order valence-corrected chi connectivity index (χ1v) is 8.17. The Labute approximate surface area is 135 Å². The molecule has 1 aliphatic rings. The van der Waals surface area contributed by atoms with Crippen LogP contribution in [0.2, 0.25) is 0 Å². The lowest BCUT2D eigenvalue weighted by molar-refractivity contribution is -0.137. The summed E-state index contributed by atoms with van der Waals surface area (Å²) in [5, 5.41) is 8.73. The average molecular weight is 302 g/mol. The predicted octanol–water partition coefficient (Wildman–Crippen LogP) is 5.68. The van der Waals surface area contributed by atoms with Gasteiger partial charge in [0, 0.05) is 0 Å². The quantitative estimate of drug-likeness (QED) is 0.641. The fourth-order valence-electron chi connectivity index (χ4n) is 3.02. The Morgan fingerprint density at radius 2 is 2.09 bits per heavy atom. The van der Waals surface area contributed by atoms with Gasteiger partial charge >= 0.3 is 5.97 Å². The molecule has 1 unspecified atom stereocenters. The standard InChI is InChI=1S/C20H30O2/c1-15(8-6-9-16(2)14-19(21)22)11-12-18-17(3)10-7-13-20(18,4)5/h6,8-9,11-12,16H,7,10,13-14H2,1-5H3,(H,21,22). The van der Waals surface area contributed by atoms with E-state index in [1.807, 2.05) is 25.2 Å². The van der Waals surface area contributed by atoms with Crippen molar-refractivity contribution in [2.45, 2.75) is 60.3 Å². The molecule has 1 N–H and O–H groups in total. The van der Waals surface area contributed by atoms with Crippen molar-refractivity contribution in [1.29, 1.82) is 0 Å². The highest BCUT2D eigenvalue weighted by molar-refractivity contribution is 5.67. The number of allylic oxidation sites excluding steroid dienone is 8. The summed E-state index contributed by atoms with van der Waals surface area (Å²) in [6, 6.07) is 0. The number of hydrogen-bond acceptors (Lipinski definition) is 1. The van der Waals surface area contributed by atoms with Crippen LogP contribution in [-0.4, -0.2) is 11.1 Å². The maximum atomic E-state index is 10.6. The summed E-state index contributed by atoms with van der Waals surface area (Å²) < 4.78 is 0. The van der Waals surface area contributed by atoms with E-state index in [0.29, 0.717) is 0 Å². The molecule has 2 nitrogen and oxygen atoms in total. The Kier molecular flexibility index (Phi) is 6.86. The van der Waals surface area contributed by atoms with Gasteiger partial charge in [-0.3, -0.25) is 4.79 Å². The molecule has 0 amide bonds. The van der Waals surface area contributed by atoms with Crippen molar-refractivity contribution in [1.82, 2.24) is 0 Å². The minimum absolute atomic E-state index is 0.0627. The Balaban J connectivity index is 2.71. The first-order valence-electron chi connectivity index (χ1n) is 8.17. The molecule has 0 aromatic heterocycles. The molecule has 2 heteroatoms. The van der Waals surface area contributed by atoms with E-state index in [-0.39, 0.29) is 17.8 Å². The smallest absolute Gasteiger partial charge is 0.303 e. The molecule has 0 bridgehead atoms. The van der Waals surface area contributed by atoms with Gasteiger partial charge < -0.3 is 5.11 Å². The van der Waals surface area contributed by atoms with Gasteiger partial charge in [0.05, 0.1) is 6.42 Å². The molecule has 1 aliphatic carbocycles. The van der Waals surface area contributed by atoms with Crippen LogP contribution in [0.15, 0.2) is 47.1 Å². The van der Waals surface area contributed by atoms with E-state index in [9.17, 15) is 4.79 Å². The number of carboxylic acids is 1. The summed E-state index contributed by atoms with van der Waals surface area (Å²) in [5.41, 5.74) is 4.42. The molecule has 0 fully saturated rings. The highest BCUT2D eigenvalue weighted by Gasteiger charge is 2.26. The topological polar surface area (TPSA) is 37.3 Å². The molecule has 122 valence electrons. The van der Waals surface area contributed by atoms with Crippen LogP contribution < -0.4 is 0 Å². The van der Waals surface area contributed by atoms with Crippen molar-refractivity contribution in [2.75, 3.05) is 0 Å². The maximum Gasteiger partial charge on any atom is 0.303 e. The zero-order valence-corrected chi connectivity index (χ0v) is 14.6. The number of aliphatic carboxylic acids is 1. The second-order valence-electron chi connectivity index (χ2n) is 7.14. The van der Waals surface area contributed by atoms with Crippen LogP contribution in [-0.2, 0) is 4.79 Å². The molecule has 22 heavy (non-hydrogen) atoms. The molecule has 1 atom stereocenters. The first-order chi connectivity index (χ1) is 10.2. The Morgan fingerprint density at radius 1 is 1.41 bits per heavy atom. The third-order valence-electron chi connectivity index (χ3n) is 4.35. The van der Waals surface area contributed by atoms with Crippen LogP contribution in [0.3, 0.4) is 0 Å². The molecule has 0 saturated heterocycles. The molecule has 0 aromatic rings.